The highest BCUT2D eigenvalue weighted by Crippen LogP contribution is 2.69. The molecule has 4 aliphatic carbocycles. The Balaban J connectivity index is 0.000000758. The zero-order valence-electron chi connectivity index (χ0n) is 16.1. The Morgan fingerprint density at radius 2 is 1.88 bits per heavy atom. The van der Waals surface area contributed by atoms with Gasteiger partial charge in [0.25, 0.3) is 0 Å². The van der Waals surface area contributed by atoms with Crippen LogP contribution < -0.4 is 5.32 Å². The molecule has 0 aromatic heterocycles. The molecule has 4 saturated carbocycles. The van der Waals surface area contributed by atoms with Crippen LogP contribution in [0.1, 0.15) is 66.2 Å². The molecule has 8 atom stereocenters. The summed E-state index contributed by atoms with van der Waals surface area (Å²) in [5.74, 6) is 2.44. The van der Waals surface area contributed by atoms with Crippen molar-refractivity contribution in [2.24, 2.45) is 34.5 Å². The molecular weight excluding hydrogens is 314 g/mol. The van der Waals surface area contributed by atoms with Gasteiger partial charge >= 0.3 is 0 Å². The number of rotatable bonds is 0. The number of piperidine rings is 1. The van der Waals surface area contributed by atoms with E-state index in [9.17, 15) is 14.7 Å². The van der Waals surface area contributed by atoms with Crippen LogP contribution in [0.15, 0.2) is 0 Å². The number of Topliss-reactive ketones (excluding diaryl/α,β-unsaturated/α-hetero) is 2. The van der Waals surface area contributed by atoms with Gasteiger partial charge in [0.15, 0.2) is 0 Å². The predicted octanol–water partition coefficient (Wildman–Crippen LogP) is 2.73. The lowest BCUT2D eigenvalue weighted by molar-refractivity contribution is -0.188. The Hall–Kier alpha value is -0.740. The minimum atomic E-state index is -0.900. The van der Waals surface area contributed by atoms with E-state index in [1.54, 1.807) is 0 Å². The van der Waals surface area contributed by atoms with Crippen LogP contribution in [0.2, 0.25) is 0 Å². The van der Waals surface area contributed by atoms with Gasteiger partial charge in [-0.05, 0) is 43.4 Å². The van der Waals surface area contributed by atoms with Crippen molar-refractivity contribution in [1.29, 1.82) is 0 Å². The monoisotopic (exact) mass is 347 g/mol. The standard InChI is InChI=1S/C19H27NO3.C2H6/c1-17-5-4-13-15(14(17)11-7-12(11)16(17)22)20-9-19(23)8-10(21)3-6-18(13,19)2;1-2/h11-15,20,23H,3-9H2,1-2H3;1-2H3. The van der Waals surface area contributed by atoms with E-state index in [1.807, 2.05) is 13.8 Å². The van der Waals surface area contributed by atoms with Crippen molar-refractivity contribution < 1.29 is 14.7 Å². The highest BCUT2D eigenvalue weighted by molar-refractivity contribution is 5.93. The van der Waals surface area contributed by atoms with Crippen LogP contribution in [0.3, 0.4) is 0 Å². The van der Waals surface area contributed by atoms with Gasteiger partial charge in [0, 0.05) is 42.2 Å². The van der Waals surface area contributed by atoms with Crippen LogP contribution in [0.25, 0.3) is 0 Å². The van der Waals surface area contributed by atoms with Crippen molar-refractivity contribution in [3.63, 3.8) is 0 Å². The topological polar surface area (TPSA) is 66.4 Å². The third kappa shape index (κ3) is 2.07. The van der Waals surface area contributed by atoms with E-state index in [1.165, 1.54) is 0 Å². The van der Waals surface area contributed by atoms with Crippen molar-refractivity contribution in [3.05, 3.63) is 0 Å². The minimum absolute atomic E-state index is 0.141. The molecule has 8 unspecified atom stereocenters. The van der Waals surface area contributed by atoms with Crippen LogP contribution in [-0.2, 0) is 9.59 Å². The van der Waals surface area contributed by atoms with E-state index in [0.29, 0.717) is 54.9 Å². The summed E-state index contributed by atoms with van der Waals surface area (Å²) in [5.41, 5.74) is -1.23. The highest BCUT2D eigenvalue weighted by Gasteiger charge is 2.72. The minimum Gasteiger partial charge on any atom is -0.388 e. The van der Waals surface area contributed by atoms with Crippen LogP contribution in [0, 0.1) is 34.5 Å². The maximum absolute atomic E-state index is 12.7. The number of fused-ring (bicyclic) bond motifs is 7. The summed E-state index contributed by atoms with van der Waals surface area (Å²) in [6.45, 7) is 8.91. The highest BCUT2D eigenvalue weighted by atomic mass is 16.3. The van der Waals surface area contributed by atoms with Crippen LogP contribution in [-0.4, -0.2) is 34.9 Å². The Labute approximate surface area is 151 Å². The molecule has 0 aromatic carbocycles. The first-order chi connectivity index (χ1) is 11.8. The lowest BCUT2D eigenvalue weighted by atomic mass is 9.47. The molecular formula is C21H33NO3. The van der Waals surface area contributed by atoms with Gasteiger partial charge in [0.1, 0.15) is 11.6 Å². The Morgan fingerprint density at radius 3 is 2.60 bits per heavy atom. The number of aliphatic hydroxyl groups is 1. The van der Waals surface area contributed by atoms with Gasteiger partial charge < -0.3 is 10.4 Å². The van der Waals surface area contributed by atoms with Gasteiger partial charge in [0.2, 0.25) is 0 Å². The molecule has 1 saturated heterocycles. The SMILES string of the molecule is CC.CC12CCC3C(NCC4(O)CC(=O)CCC34C)C1C1CC1C2=O. The molecule has 4 nitrogen and oxygen atoms in total. The lowest BCUT2D eigenvalue weighted by Gasteiger charge is -2.62. The smallest absolute Gasteiger partial charge is 0.142 e. The molecule has 0 bridgehead atoms. The van der Waals surface area contributed by atoms with E-state index in [2.05, 4.69) is 19.2 Å². The molecule has 25 heavy (non-hydrogen) atoms. The van der Waals surface area contributed by atoms with Crippen molar-refractivity contribution in [3.8, 4) is 0 Å². The third-order valence-electron chi connectivity index (χ3n) is 8.66. The summed E-state index contributed by atoms with van der Waals surface area (Å²) < 4.78 is 0. The molecule has 0 aromatic rings. The average Bonchev–Trinajstić information content (AvgIpc) is 3.33. The molecule has 5 fully saturated rings. The number of carbonyl (C=O) groups is 2. The van der Waals surface area contributed by atoms with E-state index < -0.39 is 5.60 Å². The summed E-state index contributed by atoms with van der Waals surface area (Å²) >= 11 is 0. The Morgan fingerprint density at radius 1 is 1.16 bits per heavy atom. The van der Waals surface area contributed by atoms with Gasteiger partial charge in [-0.2, -0.15) is 0 Å². The summed E-state index contributed by atoms with van der Waals surface area (Å²) in [4.78, 5) is 24.7. The van der Waals surface area contributed by atoms with Gasteiger partial charge in [-0.15, -0.1) is 0 Å². The molecule has 0 spiro atoms. The number of ketones is 2. The number of carbonyl (C=O) groups excluding carboxylic acids is 2. The zero-order chi connectivity index (χ0) is 18.2. The maximum Gasteiger partial charge on any atom is 0.142 e. The first-order valence-electron chi connectivity index (χ1n) is 10.3. The first-order valence-corrected chi connectivity index (χ1v) is 10.3. The van der Waals surface area contributed by atoms with Crippen LogP contribution in [0.4, 0.5) is 0 Å². The molecule has 5 aliphatic rings. The lowest BCUT2D eigenvalue weighted by Crippen LogP contribution is -2.72. The number of nitrogens with one attached hydrogen (secondary N) is 1. The Bertz CT molecular complexity index is 618. The molecule has 0 amide bonds. The molecule has 5 rings (SSSR count). The van der Waals surface area contributed by atoms with Gasteiger partial charge in [-0.1, -0.05) is 27.7 Å². The molecule has 1 heterocycles. The van der Waals surface area contributed by atoms with Gasteiger partial charge in [-0.25, -0.2) is 0 Å². The number of β-amino-alcohol motifs (C(OH)–C–C–N with tert-alkyl or cyclic N) is 1. The fraction of sp³-hybridized carbons (Fsp3) is 0.905. The van der Waals surface area contributed by atoms with E-state index >= 15 is 0 Å². The fourth-order valence-electron chi connectivity index (χ4n) is 7.12. The summed E-state index contributed by atoms with van der Waals surface area (Å²) in [6.07, 6.45) is 4.76. The molecule has 0 radical (unpaired) electrons. The van der Waals surface area contributed by atoms with Crippen molar-refractivity contribution in [2.75, 3.05) is 6.54 Å². The van der Waals surface area contributed by atoms with Crippen molar-refractivity contribution >= 4 is 11.6 Å². The summed E-state index contributed by atoms with van der Waals surface area (Å²) in [7, 11) is 0. The van der Waals surface area contributed by atoms with Crippen molar-refractivity contribution in [1.82, 2.24) is 5.32 Å². The third-order valence-corrected chi connectivity index (χ3v) is 8.66. The van der Waals surface area contributed by atoms with E-state index in [-0.39, 0.29) is 16.6 Å². The second-order valence-corrected chi connectivity index (χ2v) is 9.53. The second kappa shape index (κ2) is 5.39. The fourth-order valence-corrected chi connectivity index (χ4v) is 7.12. The van der Waals surface area contributed by atoms with Gasteiger partial charge in [-0.3, -0.25) is 9.59 Å². The molecule has 2 N–H and O–H groups in total. The van der Waals surface area contributed by atoms with Crippen LogP contribution in [0.5, 0.6) is 0 Å². The molecule has 4 heteroatoms. The second-order valence-electron chi connectivity index (χ2n) is 9.53. The normalized spacial score (nSPS) is 56.0. The number of hydrogen-bond donors (Lipinski definition) is 2. The molecule has 140 valence electrons. The maximum atomic E-state index is 12.7. The predicted molar refractivity (Wildman–Crippen MR) is 96.0 cm³/mol. The van der Waals surface area contributed by atoms with Gasteiger partial charge in [0.05, 0.1) is 5.60 Å². The van der Waals surface area contributed by atoms with Crippen LogP contribution >= 0.6 is 0 Å². The number of hydrogen-bond acceptors (Lipinski definition) is 4. The zero-order valence-corrected chi connectivity index (χ0v) is 16.1. The largest absolute Gasteiger partial charge is 0.388 e. The van der Waals surface area contributed by atoms with Crippen molar-refractivity contribution in [2.45, 2.75) is 77.9 Å². The summed E-state index contributed by atoms with van der Waals surface area (Å²) in [5, 5.41) is 14.9. The van der Waals surface area contributed by atoms with E-state index in [4.69, 9.17) is 0 Å². The molecule has 1 aliphatic heterocycles. The summed E-state index contributed by atoms with van der Waals surface area (Å²) in [6, 6.07) is 0.341. The van der Waals surface area contributed by atoms with E-state index in [0.717, 1.165) is 25.7 Å². The quantitative estimate of drug-likeness (QED) is 0.707. The first kappa shape index (κ1) is 17.7. The Kier molecular flexibility index (Phi) is 3.81. The average molecular weight is 347 g/mol.